The molecule has 1 fully saturated rings. The highest BCUT2D eigenvalue weighted by atomic mass is 35.5. The van der Waals surface area contributed by atoms with Crippen molar-refractivity contribution in [2.24, 2.45) is 5.73 Å². The van der Waals surface area contributed by atoms with Crippen LogP contribution < -0.4 is 5.73 Å². The molecule has 1 aromatic carbocycles. The van der Waals surface area contributed by atoms with Gasteiger partial charge in [0.2, 0.25) is 10.0 Å². The van der Waals surface area contributed by atoms with Crippen LogP contribution in [0.3, 0.4) is 0 Å². The predicted octanol–water partition coefficient (Wildman–Crippen LogP) is 1.58. The van der Waals surface area contributed by atoms with Crippen molar-refractivity contribution in [2.75, 3.05) is 7.05 Å². The van der Waals surface area contributed by atoms with E-state index in [-0.39, 0.29) is 10.9 Å². The summed E-state index contributed by atoms with van der Waals surface area (Å²) in [5.41, 5.74) is 6.23. The first-order chi connectivity index (χ1) is 7.96. The Kier molecular flexibility index (Phi) is 3.45. The van der Waals surface area contributed by atoms with E-state index in [0.29, 0.717) is 11.6 Å². The maximum atomic E-state index is 12.2. The Labute approximate surface area is 106 Å². The van der Waals surface area contributed by atoms with Gasteiger partial charge >= 0.3 is 0 Å². The minimum absolute atomic E-state index is 0.146. The van der Waals surface area contributed by atoms with Crippen molar-refractivity contribution in [1.82, 2.24) is 4.31 Å². The Hall–Kier alpha value is -0.620. The highest BCUT2D eigenvalue weighted by Gasteiger charge is 2.35. The second-order valence-electron chi connectivity index (χ2n) is 4.21. The minimum Gasteiger partial charge on any atom is -0.326 e. The number of rotatable bonds is 4. The highest BCUT2D eigenvalue weighted by molar-refractivity contribution is 7.89. The van der Waals surface area contributed by atoms with Gasteiger partial charge in [0.05, 0.1) is 4.90 Å². The molecular weight excluding hydrogens is 260 g/mol. The highest BCUT2D eigenvalue weighted by Crippen LogP contribution is 2.31. The Morgan fingerprint density at radius 3 is 2.59 bits per heavy atom. The van der Waals surface area contributed by atoms with E-state index in [1.165, 1.54) is 10.4 Å². The summed E-state index contributed by atoms with van der Waals surface area (Å²) < 4.78 is 25.8. The second kappa shape index (κ2) is 4.57. The monoisotopic (exact) mass is 274 g/mol. The summed E-state index contributed by atoms with van der Waals surface area (Å²) in [6.07, 6.45) is 1.87. The second-order valence-corrected chi connectivity index (χ2v) is 6.61. The van der Waals surface area contributed by atoms with Gasteiger partial charge in [0, 0.05) is 24.7 Å². The van der Waals surface area contributed by atoms with Crippen molar-refractivity contribution >= 4 is 21.6 Å². The fraction of sp³-hybridized carbons (Fsp3) is 0.455. The Bertz CT molecular complexity index is 526. The standard InChI is InChI=1S/C11H15ClN2O2S/c1-14(9-3-4-9)17(15,16)10-5-2-8(7-13)11(12)6-10/h2,5-6,9H,3-4,7,13H2,1H3. The summed E-state index contributed by atoms with van der Waals surface area (Å²) in [6.45, 7) is 0.303. The van der Waals surface area contributed by atoms with Crippen LogP contribution in [0.5, 0.6) is 0 Å². The van der Waals surface area contributed by atoms with Crippen molar-refractivity contribution in [3.63, 3.8) is 0 Å². The van der Waals surface area contributed by atoms with Crippen LogP contribution in [-0.4, -0.2) is 25.8 Å². The van der Waals surface area contributed by atoms with Crippen molar-refractivity contribution in [3.8, 4) is 0 Å². The maximum absolute atomic E-state index is 12.2. The first-order valence-corrected chi connectivity index (χ1v) is 7.25. The van der Waals surface area contributed by atoms with Crippen LogP contribution in [0.15, 0.2) is 23.1 Å². The van der Waals surface area contributed by atoms with Gasteiger partial charge in [0.1, 0.15) is 0 Å². The number of nitrogens with zero attached hydrogens (tertiary/aromatic N) is 1. The molecule has 1 aromatic rings. The van der Waals surface area contributed by atoms with Gasteiger partial charge in [-0.1, -0.05) is 17.7 Å². The zero-order chi connectivity index (χ0) is 12.6. The molecule has 0 spiro atoms. The molecule has 0 aliphatic heterocycles. The lowest BCUT2D eigenvalue weighted by molar-refractivity contribution is 0.464. The molecule has 2 rings (SSSR count). The van der Waals surface area contributed by atoms with Crippen LogP contribution in [0.1, 0.15) is 18.4 Å². The molecule has 1 aliphatic carbocycles. The number of nitrogens with two attached hydrogens (primary N) is 1. The summed E-state index contributed by atoms with van der Waals surface area (Å²) in [7, 11) is -1.81. The molecule has 0 aromatic heterocycles. The largest absolute Gasteiger partial charge is 0.326 e. The van der Waals surface area contributed by atoms with E-state index >= 15 is 0 Å². The van der Waals surface area contributed by atoms with Gasteiger partial charge in [-0.3, -0.25) is 0 Å². The number of hydrogen-bond acceptors (Lipinski definition) is 3. The zero-order valence-corrected chi connectivity index (χ0v) is 11.1. The van der Waals surface area contributed by atoms with Gasteiger partial charge in [-0.05, 0) is 30.5 Å². The molecule has 94 valence electrons. The van der Waals surface area contributed by atoms with E-state index in [9.17, 15) is 8.42 Å². The van der Waals surface area contributed by atoms with E-state index in [1.54, 1.807) is 19.2 Å². The quantitative estimate of drug-likeness (QED) is 0.907. The van der Waals surface area contributed by atoms with Crippen molar-refractivity contribution in [3.05, 3.63) is 28.8 Å². The fourth-order valence-electron chi connectivity index (χ4n) is 1.65. The van der Waals surface area contributed by atoms with E-state index in [0.717, 1.165) is 18.4 Å². The molecule has 0 heterocycles. The molecule has 0 saturated heterocycles. The number of benzene rings is 1. The lowest BCUT2D eigenvalue weighted by Crippen LogP contribution is -2.28. The van der Waals surface area contributed by atoms with Gasteiger partial charge in [-0.25, -0.2) is 8.42 Å². The van der Waals surface area contributed by atoms with Crippen molar-refractivity contribution in [1.29, 1.82) is 0 Å². The molecule has 6 heteroatoms. The molecule has 2 N–H and O–H groups in total. The molecule has 0 amide bonds. The lowest BCUT2D eigenvalue weighted by atomic mass is 10.2. The third kappa shape index (κ3) is 2.47. The molecule has 0 bridgehead atoms. The van der Waals surface area contributed by atoms with E-state index in [4.69, 9.17) is 17.3 Å². The summed E-state index contributed by atoms with van der Waals surface area (Å²) in [5.74, 6) is 0. The first kappa shape index (κ1) is 12.8. The summed E-state index contributed by atoms with van der Waals surface area (Å²) in [6, 6.07) is 4.84. The molecule has 0 atom stereocenters. The molecule has 1 aliphatic rings. The summed E-state index contributed by atoms with van der Waals surface area (Å²) >= 11 is 5.97. The summed E-state index contributed by atoms with van der Waals surface area (Å²) in [4.78, 5) is 0.231. The number of sulfonamides is 1. The Morgan fingerprint density at radius 1 is 1.47 bits per heavy atom. The Balaban J connectivity index is 2.36. The molecule has 0 unspecified atom stereocenters. The molecule has 4 nitrogen and oxygen atoms in total. The average Bonchev–Trinajstić information content (AvgIpc) is 3.11. The van der Waals surface area contributed by atoms with Crippen molar-refractivity contribution < 1.29 is 8.42 Å². The number of halogens is 1. The van der Waals surface area contributed by atoms with Crippen LogP contribution in [0.25, 0.3) is 0 Å². The molecule has 1 saturated carbocycles. The van der Waals surface area contributed by atoms with E-state index in [1.807, 2.05) is 0 Å². The van der Waals surface area contributed by atoms with Crippen LogP contribution in [-0.2, 0) is 16.6 Å². The molecular formula is C11H15ClN2O2S. The Morgan fingerprint density at radius 2 is 2.12 bits per heavy atom. The fourth-order valence-corrected chi connectivity index (χ4v) is 3.42. The van der Waals surface area contributed by atoms with Crippen LogP contribution >= 0.6 is 11.6 Å². The smallest absolute Gasteiger partial charge is 0.243 e. The first-order valence-electron chi connectivity index (χ1n) is 5.43. The van der Waals surface area contributed by atoms with Gasteiger partial charge in [-0.2, -0.15) is 4.31 Å². The number of hydrogen-bond donors (Lipinski definition) is 1. The molecule has 0 radical (unpaired) electrons. The maximum Gasteiger partial charge on any atom is 0.243 e. The third-order valence-electron chi connectivity index (χ3n) is 2.98. The van der Waals surface area contributed by atoms with Gasteiger partial charge in [0.25, 0.3) is 0 Å². The van der Waals surface area contributed by atoms with Gasteiger partial charge < -0.3 is 5.73 Å². The average molecular weight is 275 g/mol. The van der Waals surface area contributed by atoms with Crippen LogP contribution in [0, 0.1) is 0 Å². The normalized spacial score (nSPS) is 16.5. The van der Waals surface area contributed by atoms with Crippen LogP contribution in [0.4, 0.5) is 0 Å². The van der Waals surface area contributed by atoms with Crippen molar-refractivity contribution in [2.45, 2.75) is 30.3 Å². The van der Waals surface area contributed by atoms with Crippen LogP contribution in [0.2, 0.25) is 5.02 Å². The molecule has 17 heavy (non-hydrogen) atoms. The lowest BCUT2D eigenvalue weighted by Gasteiger charge is -2.16. The third-order valence-corrected chi connectivity index (χ3v) is 5.24. The van der Waals surface area contributed by atoms with Gasteiger partial charge in [-0.15, -0.1) is 0 Å². The minimum atomic E-state index is -3.42. The zero-order valence-electron chi connectivity index (χ0n) is 9.56. The summed E-state index contributed by atoms with van der Waals surface area (Å²) in [5, 5.41) is 0.401. The predicted molar refractivity (Wildman–Crippen MR) is 67.3 cm³/mol. The van der Waals surface area contributed by atoms with Gasteiger partial charge in [0.15, 0.2) is 0 Å². The topological polar surface area (TPSA) is 63.4 Å². The van der Waals surface area contributed by atoms with E-state index < -0.39 is 10.0 Å². The SMILES string of the molecule is CN(C1CC1)S(=O)(=O)c1ccc(CN)c(Cl)c1. The van der Waals surface area contributed by atoms with E-state index in [2.05, 4.69) is 0 Å².